The van der Waals surface area contributed by atoms with E-state index in [1.54, 1.807) is 12.7 Å². The molecule has 5 rings (SSSR count). The minimum Gasteiger partial charge on any atom is -0.487 e. The normalized spacial score (nSPS) is 26.0. The van der Waals surface area contributed by atoms with Crippen molar-refractivity contribution in [1.82, 2.24) is 19.7 Å². The maximum atomic E-state index is 10.9. The van der Waals surface area contributed by atoms with Crippen molar-refractivity contribution in [2.45, 2.75) is 38.0 Å². The molecule has 0 amide bonds. The first-order chi connectivity index (χ1) is 15.2. The lowest BCUT2D eigenvalue weighted by Gasteiger charge is -2.35. The van der Waals surface area contributed by atoms with Crippen LogP contribution in [0.3, 0.4) is 0 Å². The van der Waals surface area contributed by atoms with Gasteiger partial charge in [0.15, 0.2) is 0 Å². The molecular weight excluding hydrogens is 388 g/mol. The zero-order valence-electron chi connectivity index (χ0n) is 17.8. The first-order valence-corrected chi connectivity index (χ1v) is 11.3. The summed E-state index contributed by atoms with van der Waals surface area (Å²) >= 11 is 0. The molecule has 1 aliphatic carbocycles. The van der Waals surface area contributed by atoms with E-state index in [0.29, 0.717) is 11.8 Å². The number of nitrogens with zero attached hydrogens (tertiary/aromatic N) is 4. The average Bonchev–Trinajstić information content (AvgIpc) is 3.44. The Morgan fingerprint density at radius 3 is 2.52 bits per heavy atom. The third-order valence-electron chi connectivity index (χ3n) is 6.76. The Morgan fingerprint density at radius 1 is 0.935 bits per heavy atom. The number of ether oxygens (including phenoxy) is 1. The zero-order chi connectivity index (χ0) is 21.0. The van der Waals surface area contributed by atoms with E-state index in [1.165, 1.54) is 11.1 Å². The molecule has 4 atom stereocenters. The molecule has 0 radical (unpaired) electrons. The summed E-state index contributed by atoms with van der Waals surface area (Å²) in [6.07, 6.45) is 5.35. The van der Waals surface area contributed by atoms with Crippen LogP contribution in [0.1, 0.15) is 24.0 Å². The Balaban J connectivity index is 1.21. The van der Waals surface area contributed by atoms with Gasteiger partial charge in [0, 0.05) is 26.1 Å². The predicted octanol–water partition coefficient (Wildman–Crippen LogP) is 3.02. The molecular formula is C25H30N4O2. The van der Waals surface area contributed by atoms with E-state index in [1.807, 2.05) is 22.9 Å². The fourth-order valence-electron chi connectivity index (χ4n) is 5.13. The molecule has 162 valence electrons. The van der Waals surface area contributed by atoms with Crippen LogP contribution in [0.4, 0.5) is 0 Å². The van der Waals surface area contributed by atoms with Crippen molar-refractivity contribution >= 4 is 0 Å². The lowest BCUT2D eigenvalue weighted by Crippen LogP contribution is -2.42. The van der Waals surface area contributed by atoms with E-state index >= 15 is 0 Å². The highest BCUT2D eigenvalue weighted by molar-refractivity contribution is 5.37. The van der Waals surface area contributed by atoms with Gasteiger partial charge in [-0.1, -0.05) is 48.5 Å². The maximum absolute atomic E-state index is 10.9. The summed E-state index contributed by atoms with van der Waals surface area (Å²) in [7, 11) is 0. The van der Waals surface area contributed by atoms with Crippen molar-refractivity contribution in [3.05, 3.63) is 78.4 Å². The van der Waals surface area contributed by atoms with Crippen molar-refractivity contribution in [2.24, 2.45) is 11.8 Å². The largest absolute Gasteiger partial charge is 0.487 e. The summed E-state index contributed by atoms with van der Waals surface area (Å²) in [6.45, 7) is 3.94. The van der Waals surface area contributed by atoms with Gasteiger partial charge in [-0.25, -0.2) is 4.98 Å². The van der Waals surface area contributed by atoms with Crippen molar-refractivity contribution in [2.75, 3.05) is 19.6 Å². The average molecular weight is 419 g/mol. The number of hydrogen-bond donors (Lipinski definition) is 1. The molecule has 2 heterocycles. The third kappa shape index (κ3) is 4.81. The highest BCUT2D eigenvalue weighted by Crippen LogP contribution is 2.38. The Hall–Kier alpha value is -2.70. The predicted molar refractivity (Wildman–Crippen MR) is 119 cm³/mol. The summed E-state index contributed by atoms with van der Waals surface area (Å²) in [5.74, 6) is 2.02. The van der Waals surface area contributed by atoms with Crippen molar-refractivity contribution in [3.63, 3.8) is 0 Å². The zero-order valence-corrected chi connectivity index (χ0v) is 17.8. The van der Waals surface area contributed by atoms with Gasteiger partial charge >= 0.3 is 0 Å². The van der Waals surface area contributed by atoms with Crippen LogP contribution < -0.4 is 4.74 Å². The van der Waals surface area contributed by atoms with Gasteiger partial charge in [-0.15, -0.1) is 0 Å². The molecule has 3 aromatic rings. The minimum atomic E-state index is -0.415. The summed E-state index contributed by atoms with van der Waals surface area (Å²) in [5, 5.41) is 15.1. The van der Waals surface area contributed by atoms with Crippen LogP contribution in [0.5, 0.6) is 5.75 Å². The van der Waals surface area contributed by atoms with Gasteiger partial charge in [0.1, 0.15) is 24.5 Å². The molecule has 0 unspecified atom stereocenters. The van der Waals surface area contributed by atoms with Crippen molar-refractivity contribution < 1.29 is 9.84 Å². The van der Waals surface area contributed by atoms with Crippen LogP contribution in [0.15, 0.2) is 67.3 Å². The van der Waals surface area contributed by atoms with Crippen LogP contribution in [0, 0.1) is 11.8 Å². The van der Waals surface area contributed by atoms with Crippen LogP contribution in [-0.4, -0.2) is 56.6 Å². The van der Waals surface area contributed by atoms with Crippen LogP contribution >= 0.6 is 0 Å². The molecule has 1 aromatic heterocycles. The van der Waals surface area contributed by atoms with Gasteiger partial charge in [0.2, 0.25) is 0 Å². The van der Waals surface area contributed by atoms with Gasteiger partial charge in [-0.05, 0) is 41.9 Å². The quantitative estimate of drug-likeness (QED) is 0.639. The Labute approximate surface area is 183 Å². The van der Waals surface area contributed by atoms with Gasteiger partial charge in [0.05, 0.1) is 12.6 Å². The number of hydrogen-bond acceptors (Lipinski definition) is 5. The molecule has 6 nitrogen and oxygen atoms in total. The SMILES string of the molecule is O[C@@H]1C[C@H]2CN(CCn3cncn3)C[C@H]2C[C@H]1Oc1ccccc1Cc1ccccc1. The molecule has 31 heavy (non-hydrogen) atoms. The van der Waals surface area contributed by atoms with Crippen LogP contribution in [0.25, 0.3) is 0 Å². The highest BCUT2D eigenvalue weighted by Gasteiger charge is 2.42. The summed E-state index contributed by atoms with van der Waals surface area (Å²) in [4.78, 5) is 6.51. The Morgan fingerprint density at radius 2 is 1.71 bits per heavy atom. The second-order valence-corrected chi connectivity index (χ2v) is 8.90. The second-order valence-electron chi connectivity index (χ2n) is 8.90. The number of fused-ring (bicyclic) bond motifs is 1. The maximum Gasteiger partial charge on any atom is 0.137 e. The van der Waals surface area contributed by atoms with Crippen molar-refractivity contribution in [1.29, 1.82) is 0 Å². The summed E-state index contributed by atoms with van der Waals surface area (Å²) in [6, 6.07) is 18.7. The number of aliphatic hydroxyl groups is 1. The van der Waals surface area contributed by atoms with E-state index in [2.05, 4.69) is 51.4 Å². The number of benzene rings is 2. The fourth-order valence-corrected chi connectivity index (χ4v) is 5.13. The second kappa shape index (κ2) is 9.20. The number of rotatable bonds is 7. The lowest BCUT2D eigenvalue weighted by atomic mass is 9.78. The number of aromatic nitrogens is 3. The van der Waals surface area contributed by atoms with Gasteiger partial charge < -0.3 is 14.7 Å². The standard InChI is InChI=1S/C25H30N4O2/c30-23-13-21-15-28(10-11-29-18-26-17-27-29)16-22(21)14-25(23)31-24-9-5-4-8-20(24)12-19-6-2-1-3-7-19/h1-9,17-18,21-23,25,30H,10-16H2/t21-,22+,23+,25+/m0/s1. The summed E-state index contributed by atoms with van der Waals surface area (Å²) < 4.78 is 8.32. The molecule has 0 bridgehead atoms. The summed E-state index contributed by atoms with van der Waals surface area (Å²) in [5.41, 5.74) is 2.44. The Bertz CT molecular complexity index is 963. The Kier molecular flexibility index (Phi) is 6.00. The molecule has 2 fully saturated rings. The first-order valence-electron chi connectivity index (χ1n) is 11.3. The molecule has 1 saturated heterocycles. The topological polar surface area (TPSA) is 63.4 Å². The number of aliphatic hydroxyl groups excluding tert-OH is 1. The molecule has 1 aliphatic heterocycles. The van der Waals surface area contributed by atoms with Crippen LogP contribution in [0.2, 0.25) is 0 Å². The monoisotopic (exact) mass is 418 g/mol. The molecule has 2 aliphatic rings. The van der Waals surface area contributed by atoms with Gasteiger partial charge in [0.25, 0.3) is 0 Å². The molecule has 1 saturated carbocycles. The molecule has 6 heteroatoms. The number of likely N-dealkylation sites (tertiary alicyclic amines) is 1. The molecule has 2 aromatic carbocycles. The minimum absolute atomic E-state index is 0.145. The van der Waals surface area contributed by atoms with E-state index in [-0.39, 0.29) is 6.10 Å². The van der Waals surface area contributed by atoms with Gasteiger partial charge in [-0.2, -0.15) is 5.10 Å². The fraction of sp³-hybridized carbons (Fsp3) is 0.440. The highest BCUT2D eigenvalue weighted by atomic mass is 16.5. The van der Waals surface area contributed by atoms with Gasteiger partial charge in [-0.3, -0.25) is 4.68 Å². The van der Waals surface area contributed by atoms with E-state index < -0.39 is 6.10 Å². The lowest BCUT2D eigenvalue weighted by molar-refractivity contribution is -0.0234. The number of para-hydroxylation sites is 1. The third-order valence-corrected chi connectivity index (χ3v) is 6.76. The molecule has 0 spiro atoms. The van der Waals surface area contributed by atoms with Crippen molar-refractivity contribution in [3.8, 4) is 5.75 Å². The van der Waals surface area contributed by atoms with E-state index in [9.17, 15) is 5.11 Å². The molecule has 1 N–H and O–H groups in total. The van der Waals surface area contributed by atoms with E-state index in [4.69, 9.17) is 4.74 Å². The smallest absolute Gasteiger partial charge is 0.137 e. The van der Waals surface area contributed by atoms with E-state index in [0.717, 1.165) is 51.2 Å². The van der Waals surface area contributed by atoms with Crippen LogP contribution in [-0.2, 0) is 13.0 Å². The first kappa shape index (κ1) is 20.2.